The van der Waals surface area contributed by atoms with Crippen molar-refractivity contribution in [2.24, 2.45) is 0 Å². The SMILES string of the molecule is Cc1nc(C(C)C)ccc1-c1cccc(C(O)C(F)(F)F)c1. The Labute approximate surface area is 127 Å². The summed E-state index contributed by atoms with van der Waals surface area (Å²) in [7, 11) is 0. The van der Waals surface area contributed by atoms with E-state index in [4.69, 9.17) is 0 Å². The molecule has 1 N–H and O–H groups in total. The summed E-state index contributed by atoms with van der Waals surface area (Å²) >= 11 is 0. The molecular weight excluding hydrogens is 291 g/mol. The number of nitrogens with zero attached hydrogens (tertiary/aromatic N) is 1. The molecule has 0 aliphatic carbocycles. The fourth-order valence-corrected chi connectivity index (χ4v) is 2.27. The summed E-state index contributed by atoms with van der Waals surface area (Å²) in [5.74, 6) is 0.283. The van der Waals surface area contributed by atoms with Crippen LogP contribution in [-0.4, -0.2) is 16.3 Å². The van der Waals surface area contributed by atoms with Crippen molar-refractivity contribution in [2.45, 2.75) is 39.0 Å². The minimum atomic E-state index is -4.67. The molecule has 0 aliphatic rings. The quantitative estimate of drug-likeness (QED) is 0.885. The molecule has 0 bridgehead atoms. The third kappa shape index (κ3) is 3.47. The Bertz CT molecular complexity index is 665. The number of hydrogen-bond donors (Lipinski definition) is 1. The first kappa shape index (κ1) is 16.5. The Morgan fingerprint density at radius 3 is 2.32 bits per heavy atom. The fourth-order valence-electron chi connectivity index (χ4n) is 2.27. The summed E-state index contributed by atoms with van der Waals surface area (Å²) in [5.41, 5.74) is 2.90. The van der Waals surface area contributed by atoms with Crippen molar-refractivity contribution in [2.75, 3.05) is 0 Å². The van der Waals surface area contributed by atoms with Crippen LogP contribution in [0.4, 0.5) is 13.2 Å². The lowest BCUT2D eigenvalue weighted by atomic mass is 9.98. The molecule has 0 saturated carbocycles. The molecule has 1 unspecified atom stereocenters. The van der Waals surface area contributed by atoms with E-state index in [0.29, 0.717) is 5.56 Å². The van der Waals surface area contributed by atoms with Gasteiger partial charge in [-0.05, 0) is 36.1 Å². The number of hydrogen-bond acceptors (Lipinski definition) is 2. The Hall–Kier alpha value is -1.88. The summed E-state index contributed by atoms with van der Waals surface area (Å²) in [5, 5.41) is 9.37. The van der Waals surface area contributed by atoms with Crippen LogP contribution in [0.25, 0.3) is 11.1 Å². The highest BCUT2D eigenvalue weighted by atomic mass is 19.4. The average molecular weight is 309 g/mol. The summed E-state index contributed by atoms with van der Waals surface area (Å²) in [6.07, 6.45) is -7.15. The first-order valence-corrected chi connectivity index (χ1v) is 7.03. The van der Waals surface area contributed by atoms with E-state index >= 15 is 0 Å². The minimum absolute atomic E-state index is 0.169. The molecule has 0 aliphatic heterocycles. The first-order valence-electron chi connectivity index (χ1n) is 7.03. The molecule has 2 aromatic rings. The van der Waals surface area contributed by atoms with Gasteiger partial charge in [-0.2, -0.15) is 13.2 Å². The first-order chi connectivity index (χ1) is 10.2. The molecule has 0 amide bonds. The second-order valence-electron chi connectivity index (χ2n) is 5.59. The van der Waals surface area contributed by atoms with Gasteiger partial charge in [0.1, 0.15) is 0 Å². The monoisotopic (exact) mass is 309 g/mol. The fraction of sp³-hybridized carbons (Fsp3) is 0.353. The number of aromatic nitrogens is 1. The molecule has 0 spiro atoms. The summed E-state index contributed by atoms with van der Waals surface area (Å²) in [6.45, 7) is 5.89. The number of rotatable bonds is 3. The van der Waals surface area contributed by atoms with Crippen LogP contribution in [0.1, 0.15) is 42.8 Å². The van der Waals surface area contributed by atoms with Crippen molar-refractivity contribution in [1.82, 2.24) is 4.98 Å². The van der Waals surface area contributed by atoms with Crippen LogP contribution in [0.2, 0.25) is 0 Å². The summed E-state index contributed by atoms with van der Waals surface area (Å²) in [4.78, 5) is 4.49. The van der Waals surface area contributed by atoms with Crippen molar-refractivity contribution in [3.05, 3.63) is 53.3 Å². The number of alkyl halides is 3. The number of pyridine rings is 1. The third-order valence-corrected chi connectivity index (χ3v) is 3.52. The van der Waals surface area contributed by atoms with Gasteiger partial charge in [0.05, 0.1) is 0 Å². The standard InChI is InChI=1S/C17H18F3NO/c1-10(2)15-8-7-14(11(3)21-15)12-5-4-6-13(9-12)16(22)17(18,19)20/h4-10,16,22H,1-3H3. The number of benzene rings is 1. The molecule has 22 heavy (non-hydrogen) atoms. The van der Waals surface area contributed by atoms with Crippen molar-refractivity contribution in [3.8, 4) is 11.1 Å². The zero-order valence-corrected chi connectivity index (χ0v) is 12.6. The Balaban J connectivity index is 2.42. The van der Waals surface area contributed by atoms with E-state index in [1.807, 2.05) is 32.9 Å². The van der Waals surface area contributed by atoms with Gasteiger partial charge in [-0.25, -0.2) is 0 Å². The highest BCUT2D eigenvalue weighted by molar-refractivity contribution is 5.66. The second-order valence-corrected chi connectivity index (χ2v) is 5.59. The molecule has 118 valence electrons. The number of halogens is 3. The van der Waals surface area contributed by atoms with Gasteiger partial charge in [0.2, 0.25) is 0 Å². The molecule has 0 saturated heterocycles. The second kappa shape index (κ2) is 6.08. The largest absolute Gasteiger partial charge is 0.418 e. The highest BCUT2D eigenvalue weighted by Gasteiger charge is 2.39. The smallest absolute Gasteiger partial charge is 0.379 e. The maximum absolute atomic E-state index is 12.6. The van der Waals surface area contributed by atoms with E-state index in [1.165, 1.54) is 18.2 Å². The zero-order valence-electron chi connectivity index (χ0n) is 12.6. The van der Waals surface area contributed by atoms with E-state index < -0.39 is 12.3 Å². The Morgan fingerprint density at radius 1 is 1.09 bits per heavy atom. The predicted molar refractivity (Wildman–Crippen MR) is 79.5 cm³/mol. The molecule has 0 radical (unpaired) electrons. The Kier molecular flexibility index (Phi) is 4.56. The van der Waals surface area contributed by atoms with E-state index in [1.54, 1.807) is 6.07 Å². The maximum Gasteiger partial charge on any atom is 0.418 e. The van der Waals surface area contributed by atoms with Gasteiger partial charge < -0.3 is 5.11 Å². The van der Waals surface area contributed by atoms with Crippen LogP contribution < -0.4 is 0 Å². The lowest BCUT2D eigenvalue weighted by Gasteiger charge is -2.16. The molecule has 1 heterocycles. The molecule has 0 fully saturated rings. The Morgan fingerprint density at radius 2 is 1.77 bits per heavy atom. The van der Waals surface area contributed by atoms with Crippen LogP contribution in [-0.2, 0) is 0 Å². The molecule has 2 nitrogen and oxygen atoms in total. The maximum atomic E-state index is 12.6. The number of aryl methyl sites for hydroxylation is 1. The van der Waals surface area contributed by atoms with Gasteiger partial charge in [-0.15, -0.1) is 0 Å². The molecule has 1 atom stereocenters. The van der Waals surface area contributed by atoms with Crippen LogP contribution in [0.5, 0.6) is 0 Å². The third-order valence-electron chi connectivity index (χ3n) is 3.52. The van der Waals surface area contributed by atoms with Gasteiger partial charge in [0.25, 0.3) is 0 Å². The van der Waals surface area contributed by atoms with Crippen LogP contribution in [0.15, 0.2) is 36.4 Å². The summed E-state index contributed by atoms with van der Waals surface area (Å²) in [6, 6.07) is 9.59. The number of aliphatic hydroxyl groups excluding tert-OH is 1. The van der Waals surface area contributed by atoms with E-state index in [9.17, 15) is 18.3 Å². The summed E-state index contributed by atoms with van der Waals surface area (Å²) < 4.78 is 37.9. The molecule has 2 rings (SSSR count). The van der Waals surface area contributed by atoms with Crippen molar-refractivity contribution in [1.29, 1.82) is 0 Å². The average Bonchev–Trinajstić information content (AvgIpc) is 2.45. The van der Waals surface area contributed by atoms with E-state index in [2.05, 4.69) is 4.98 Å². The van der Waals surface area contributed by atoms with Crippen molar-refractivity contribution in [3.63, 3.8) is 0 Å². The lowest BCUT2D eigenvalue weighted by molar-refractivity contribution is -0.206. The van der Waals surface area contributed by atoms with Crippen LogP contribution in [0, 0.1) is 6.92 Å². The van der Waals surface area contributed by atoms with Gasteiger partial charge in [-0.1, -0.05) is 38.1 Å². The van der Waals surface area contributed by atoms with Crippen molar-refractivity contribution < 1.29 is 18.3 Å². The van der Waals surface area contributed by atoms with E-state index in [0.717, 1.165) is 17.0 Å². The van der Waals surface area contributed by atoms with Crippen LogP contribution in [0.3, 0.4) is 0 Å². The van der Waals surface area contributed by atoms with Gasteiger partial charge >= 0.3 is 6.18 Å². The zero-order chi connectivity index (χ0) is 16.5. The van der Waals surface area contributed by atoms with Gasteiger partial charge in [0.15, 0.2) is 6.10 Å². The molecule has 5 heteroatoms. The van der Waals surface area contributed by atoms with E-state index in [-0.39, 0.29) is 11.5 Å². The number of aliphatic hydroxyl groups is 1. The topological polar surface area (TPSA) is 33.1 Å². The van der Waals surface area contributed by atoms with Gasteiger partial charge in [0, 0.05) is 17.0 Å². The van der Waals surface area contributed by atoms with Crippen molar-refractivity contribution >= 4 is 0 Å². The molecular formula is C17H18F3NO. The molecule has 1 aromatic carbocycles. The van der Waals surface area contributed by atoms with Crippen LogP contribution >= 0.6 is 0 Å². The highest BCUT2D eigenvalue weighted by Crippen LogP contribution is 2.34. The normalized spacial score (nSPS) is 13.5. The molecule has 1 aromatic heterocycles. The lowest BCUT2D eigenvalue weighted by Crippen LogP contribution is -2.20. The van der Waals surface area contributed by atoms with Gasteiger partial charge in [-0.3, -0.25) is 4.98 Å². The predicted octanol–water partition coefficient (Wildman–Crippen LogP) is 4.78. The minimum Gasteiger partial charge on any atom is -0.379 e.